The molecule has 1 aromatic carbocycles. The summed E-state index contributed by atoms with van der Waals surface area (Å²) in [6, 6.07) is 4.07. The maximum atomic E-state index is 6.76. The standard InChI is InChI=1S/C25H44O4Si2/c1-17(2)28-22-20(26-9)15-14-18-19(16-27-31(12,13)25(6,7)8)23(29-21(18)22)30(10,11)24(3,4)5/h14-17,23H,1-13H3. The summed E-state index contributed by atoms with van der Waals surface area (Å²) in [7, 11) is -2.20. The van der Waals surface area contributed by atoms with Crippen molar-refractivity contribution < 1.29 is 18.6 Å². The van der Waals surface area contributed by atoms with E-state index in [2.05, 4.69) is 73.8 Å². The molecule has 0 spiro atoms. The van der Waals surface area contributed by atoms with Crippen molar-refractivity contribution in [2.75, 3.05) is 7.11 Å². The highest BCUT2D eigenvalue weighted by Crippen LogP contribution is 2.54. The average molecular weight is 465 g/mol. The van der Waals surface area contributed by atoms with Crippen molar-refractivity contribution in [1.29, 1.82) is 0 Å². The molecule has 0 aliphatic carbocycles. The first-order chi connectivity index (χ1) is 13.9. The lowest BCUT2D eigenvalue weighted by Gasteiger charge is -2.41. The predicted octanol–water partition coefficient (Wildman–Crippen LogP) is 7.65. The van der Waals surface area contributed by atoms with Crippen LogP contribution in [0.2, 0.25) is 36.3 Å². The monoisotopic (exact) mass is 464 g/mol. The van der Waals surface area contributed by atoms with Crippen LogP contribution in [0.4, 0.5) is 0 Å². The van der Waals surface area contributed by atoms with Gasteiger partial charge in [-0.05, 0) is 49.2 Å². The maximum absolute atomic E-state index is 6.76. The summed E-state index contributed by atoms with van der Waals surface area (Å²) >= 11 is 0. The molecule has 0 radical (unpaired) electrons. The molecule has 0 saturated heterocycles. The Morgan fingerprint density at radius 3 is 2.00 bits per heavy atom. The van der Waals surface area contributed by atoms with Crippen LogP contribution < -0.4 is 14.2 Å². The molecule has 2 rings (SSSR count). The number of ether oxygens (including phenoxy) is 3. The molecule has 1 aliphatic heterocycles. The lowest BCUT2D eigenvalue weighted by Crippen LogP contribution is -2.51. The molecule has 0 fully saturated rings. The third-order valence-corrected chi connectivity index (χ3v) is 17.3. The van der Waals surface area contributed by atoms with Gasteiger partial charge in [-0.2, -0.15) is 0 Å². The fourth-order valence-electron chi connectivity index (χ4n) is 3.16. The number of hydrogen-bond acceptors (Lipinski definition) is 4. The first kappa shape index (κ1) is 25.9. The van der Waals surface area contributed by atoms with Gasteiger partial charge in [-0.15, -0.1) is 0 Å². The van der Waals surface area contributed by atoms with Crippen molar-refractivity contribution in [2.45, 2.75) is 103 Å². The second-order valence-electron chi connectivity index (χ2n) is 12.1. The van der Waals surface area contributed by atoms with Crippen LogP contribution in [0.15, 0.2) is 18.4 Å². The normalized spacial score (nSPS) is 18.8. The average Bonchev–Trinajstić information content (AvgIpc) is 2.97. The summed E-state index contributed by atoms with van der Waals surface area (Å²) in [4.78, 5) is 0. The molecule has 1 heterocycles. The minimum absolute atomic E-state index is 0.0195. The van der Waals surface area contributed by atoms with Gasteiger partial charge in [-0.1, -0.05) is 54.6 Å². The largest absolute Gasteiger partial charge is 0.549 e. The van der Waals surface area contributed by atoms with Gasteiger partial charge in [0.2, 0.25) is 14.1 Å². The Morgan fingerprint density at radius 1 is 0.968 bits per heavy atom. The van der Waals surface area contributed by atoms with Gasteiger partial charge in [0.1, 0.15) is 13.8 Å². The quantitative estimate of drug-likeness (QED) is 0.320. The lowest BCUT2D eigenvalue weighted by molar-refractivity contribution is 0.213. The highest BCUT2D eigenvalue weighted by molar-refractivity contribution is 6.83. The first-order valence-corrected chi connectivity index (χ1v) is 17.3. The molecule has 1 aromatic rings. The molecule has 31 heavy (non-hydrogen) atoms. The van der Waals surface area contributed by atoms with E-state index in [4.69, 9.17) is 18.6 Å². The summed E-state index contributed by atoms with van der Waals surface area (Å²) in [5.41, 5.74) is 2.18. The molecule has 0 amide bonds. The minimum Gasteiger partial charge on any atom is -0.549 e. The van der Waals surface area contributed by atoms with Gasteiger partial charge in [0.05, 0.1) is 19.5 Å². The van der Waals surface area contributed by atoms with Crippen LogP contribution in [0, 0.1) is 0 Å². The summed E-state index contributed by atoms with van der Waals surface area (Å²) in [6.45, 7) is 27.2. The summed E-state index contributed by atoms with van der Waals surface area (Å²) in [5, 5.41) is 0.281. The van der Waals surface area contributed by atoms with Crippen LogP contribution in [-0.2, 0) is 4.43 Å². The Hall–Kier alpha value is -1.41. The molecule has 0 N–H and O–H groups in total. The maximum Gasteiger partial charge on any atom is 0.249 e. The SMILES string of the molecule is COc1ccc2c(c1OC(C)C)OC([Si](C)(C)C(C)(C)C)C2=CO[Si](C)(C)C(C)(C)C. The first-order valence-electron chi connectivity index (χ1n) is 11.4. The van der Waals surface area contributed by atoms with Gasteiger partial charge < -0.3 is 18.6 Å². The third-order valence-electron chi connectivity index (χ3n) is 7.35. The summed E-state index contributed by atoms with van der Waals surface area (Å²) in [5.74, 6) is 2.18. The molecular weight excluding hydrogens is 420 g/mol. The van der Waals surface area contributed by atoms with Gasteiger partial charge in [0.25, 0.3) is 0 Å². The Morgan fingerprint density at radius 2 is 1.55 bits per heavy atom. The molecule has 0 aromatic heterocycles. The highest BCUT2D eigenvalue weighted by atomic mass is 28.4. The fraction of sp³-hybridized carbons (Fsp3) is 0.680. The Balaban J connectivity index is 2.68. The van der Waals surface area contributed by atoms with Gasteiger partial charge in [-0.25, -0.2) is 0 Å². The zero-order chi connectivity index (χ0) is 24.0. The third kappa shape index (κ3) is 5.00. The molecule has 0 saturated carbocycles. The minimum atomic E-state index is -1.96. The topological polar surface area (TPSA) is 36.9 Å². The van der Waals surface area contributed by atoms with Crippen molar-refractivity contribution in [3.8, 4) is 17.2 Å². The Labute approximate surface area is 192 Å². The van der Waals surface area contributed by atoms with Crippen LogP contribution in [0.3, 0.4) is 0 Å². The number of benzene rings is 1. The highest BCUT2D eigenvalue weighted by Gasteiger charge is 2.50. The number of hydrogen-bond donors (Lipinski definition) is 0. The summed E-state index contributed by atoms with van der Waals surface area (Å²) in [6.07, 6.45) is 2.03. The zero-order valence-electron chi connectivity index (χ0n) is 22.0. The molecular formula is C25H44O4Si2. The van der Waals surface area contributed by atoms with E-state index >= 15 is 0 Å². The van der Waals surface area contributed by atoms with Gasteiger partial charge in [0.15, 0.2) is 11.5 Å². The molecule has 4 nitrogen and oxygen atoms in total. The van der Waals surface area contributed by atoms with E-state index in [0.29, 0.717) is 11.5 Å². The van der Waals surface area contributed by atoms with E-state index in [9.17, 15) is 0 Å². The fourth-order valence-corrected chi connectivity index (χ4v) is 6.14. The number of rotatable bonds is 6. The van der Waals surface area contributed by atoms with E-state index in [1.165, 1.54) is 0 Å². The van der Waals surface area contributed by atoms with Gasteiger partial charge in [0, 0.05) is 11.1 Å². The zero-order valence-corrected chi connectivity index (χ0v) is 24.0. The predicted molar refractivity (Wildman–Crippen MR) is 137 cm³/mol. The van der Waals surface area contributed by atoms with Crippen LogP contribution in [0.25, 0.3) is 5.57 Å². The molecule has 1 atom stereocenters. The van der Waals surface area contributed by atoms with E-state index in [1.807, 2.05) is 26.2 Å². The second kappa shape index (κ2) is 8.51. The molecule has 1 aliphatic rings. The van der Waals surface area contributed by atoms with Gasteiger partial charge in [-0.3, -0.25) is 0 Å². The van der Waals surface area contributed by atoms with E-state index in [1.54, 1.807) is 7.11 Å². The van der Waals surface area contributed by atoms with Crippen molar-refractivity contribution in [2.24, 2.45) is 0 Å². The Kier molecular flexibility index (Phi) is 7.09. The molecule has 6 heteroatoms. The molecule has 176 valence electrons. The van der Waals surface area contributed by atoms with Gasteiger partial charge >= 0.3 is 0 Å². The molecule has 1 unspecified atom stereocenters. The second-order valence-corrected chi connectivity index (χ2v) is 22.3. The van der Waals surface area contributed by atoms with Crippen LogP contribution in [-0.4, -0.2) is 35.3 Å². The number of methoxy groups -OCH3 is 1. The van der Waals surface area contributed by atoms with Crippen molar-refractivity contribution in [1.82, 2.24) is 0 Å². The Bertz CT molecular complexity index is 827. The lowest BCUT2D eigenvalue weighted by atomic mass is 10.1. The van der Waals surface area contributed by atoms with Crippen LogP contribution in [0.5, 0.6) is 17.2 Å². The van der Waals surface area contributed by atoms with E-state index < -0.39 is 16.4 Å². The van der Waals surface area contributed by atoms with Crippen molar-refractivity contribution in [3.63, 3.8) is 0 Å². The van der Waals surface area contributed by atoms with E-state index in [-0.39, 0.29) is 21.9 Å². The number of fused-ring (bicyclic) bond motifs is 1. The van der Waals surface area contributed by atoms with Crippen molar-refractivity contribution >= 4 is 22.0 Å². The van der Waals surface area contributed by atoms with Crippen LogP contribution in [0.1, 0.15) is 61.0 Å². The summed E-state index contributed by atoms with van der Waals surface area (Å²) < 4.78 is 25.2. The molecule has 0 bridgehead atoms. The smallest absolute Gasteiger partial charge is 0.249 e. The van der Waals surface area contributed by atoms with Crippen LogP contribution >= 0.6 is 0 Å². The van der Waals surface area contributed by atoms with Crippen molar-refractivity contribution in [3.05, 3.63) is 24.0 Å². The van der Waals surface area contributed by atoms with E-state index in [0.717, 1.165) is 16.9 Å².